The monoisotopic (exact) mass is 855 g/mol. The largest absolute Gasteiger partial charge is 0.292 e. The van der Waals surface area contributed by atoms with Gasteiger partial charge < -0.3 is 0 Å². The van der Waals surface area contributed by atoms with Crippen LogP contribution >= 0.6 is 22.7 Å². The number of hydrogen-bond acceptors (Lipinski definition) is 11. The highest BCUT2D eigenvalue weighted by Gasteiger charge is 2.56. The first-order valence-electron chi connectivity index (χ1n) is 20.2. The Hall–Kier alpha value is -4.06. The summed E-state index contributed by atoms with van der Waals surface area (Å²) in [5.74, 6) is 0. The molecule has 4 atom stereocenters. The molecule has 2 aromatic carbocycles. The van der Waals surface area contributed by atoms with E-state index in [1.807, 2.05) is 17.6 Å². The molecule has 0 radical (unpaired) electrons. The number of nitrogens with zero attached hydrogens (tertiary/aromatic N) is 6. The molecule has 0 saturated heterocycles. The minimum atomic E-state index is -3.68. The zero-order valence-corrected chi connectivity index (χ0v) is 35.8. The summed E-state index contributed by atoms with van der Waals surface area (Å²) in [5, 5.41) is -0.844. The molecule has 16 heteroatoms. The Bertz CT molecular complexity index is 2770. The third kappa shape index (κ3) is 7.51. The van der Waals surface area contributed by atoms with Crippen molar-refractivity contribution in [3.8, 4) is 0 Å². The fraction of sp³-hybridized carbons (Fsp3) is 0.429. The average Bonchev–Trinajstić information content (AvgIpc) is 4.14. The Balaban J connectivity index is 0.828. The summed E-state index contributed by atoms with van der Waals surface area (Å²) in [7, 11) is -7.06. The molecule has 10 rings (SSSR count). The first-order chi connectivity index (χ1) is 28.0. The van der Waals surface area contributed by atoms with E-state index in [0.717, 1.165) is 82.6 Å². The molecule has 2 saturated carbocycles. The lowest BCUT2D eigenvalue weighted by Gasteiger charge is -2.28. The predicted molar refractivity (Wildman–Crippen MR) is 230 cm³/mol. The van der Waals surface area contributed by atoms with E-state index in [-0.39, 0.29) is 23.4 Å². The molecule has 12 nitrogen and oxygen atoms in total. The molecule has 2 fully saturated rings. The Morgan fingerprint density at radius 1 is 0.741 bits per heavy atom. The standard InChI is InChI=1S/C42H47N8O4S4/c1-26(28-7-11-40-37(17-28)45-24-55-40)48-13-3-5-36-31(22-48)16-33(21-44-36)47-58(53,54)42-19-39(42)50-25-56-41-12-8-29(18-38(41)50)27(2)49-14-4-6-35-30(23-49)15-32(20-43-35)46-57(51,52)34-9-10-34/h7-8,11-12,15-18,20-21,24-27,34,39,42,46-47H,3-6,9-10,13-14,19,22-23H2,1-2H3/q+1/t26-,27+,39?,42?/m0/s1. The van der Waals surface area contributed by atoms with Crippen molar-refractivity contribution in [3.63, 3.8) is 0 Å². The minimum Gasteiger partial charge on any atom is -0.292 e. The van der Waals surface area contributed by atoms with E-state index in [0.29, 0.717) is 43.7 Å². The van der Waals surface area contributed by atoms with Crippen LogP contribution in [0.4, 0.5) is 11.4 Å². The van der Waals surface area contributed by atoms with Crippen molar-refractivity contribution in [1.29, 1.82) is 0 Å². The van der Waals surface area contributed by atoms with Crippen LogP contribution in [0.5, 0.6) is 0 Å². The average molecular weight is 856 g/mol. The van der Waals surface area contributed by atoms with Gasteiger partial charge in [-0.25, -0.2) is 21.8 Å². The van der Waals surface area contributed by atoms with Crippen LogP contribution in [0.25, 0.3) is 20.4 Å². The van der Waals surface area contributed by atoms with E-state index in [1.54, 1.807) is 35.1 Å². The lowest BCUT2D eigenvalue weighted by Crippen LogP contribution is -2.34. The number of aromatic nitrogens is 4. The van der Waals surface area contributed by atoms with Crippen molar-refractivity contribution < 1.29 is 21.4 Å². The van der Waals surface area contributed by atoms with E-state index in [2.05, 4.69) is 89.5 Å². The van der Waals surface area contributed by atoms with Gasteiger partial charge in [0.1, 0.15) is 9.95 Å². The molecule has 2 unspecified atom stereocenters. The van der Waals surface area contributed by atoms with E-state index in [4.69, 9.17) is 4.98 Å². The van der Waals surface area contributed by atoms with Crippen LogP contribution in [-0.4, -0.2) is 65.2 Å². The molecule has 4 aromatic heterocycles. The summed E-state index contributed by atoms with van der Waals surface area (Å²) >= 11 is 3.28. The number of anilines is 2. The van der Waals surface area contributed by atoms with Crippen molar-refractivity contribution in [2.75, 3.05) is 22.5 Å². The lowest BCUT2D eigenvalue weighted by molar-refractivity contribution is -0.670. The maximum absolute atomic E-state index is 13.9. The van der Waals surface area contributed by atoms with Gasteiger partial charge in [-0.05, 0) is 118 Å². The van der Waals surface area contributed by atoms with Crippen LogP contribution < -0.4 is 14.0 Å². The van der Waals surface area contributed by atoms with E-state index >= 15 is 0 Å². The fourth-order valence-electron chi connectivity index (χ4n) is 8.80. The Labute approximate surface area is 347 Å². The molecule has 2 N–H and O–H groups in total. The molecule has 302 valence electrons. The summed E-state index contributed by atoms with van der Waals surface area (Å²) in [6.45, 7) is 7.61. The number of aryl methyl sites for hydroxylation is 2. The fourth-order valence-corrected chi connectivity index (χ4v) is 13.3. The number of hydrogen-bond donors (Lipinski definition) is 2. The molecule has 2 aliphatic carbocycles. The van der Waals surface area contributed by atoms with Crippen molar-refractivity contribution in [2.24, 2.45) is 0 Å². The van der Waals surface area contributed by atoms with Crippen molar-refractivity contribution in [3.05, 3.63) is 106 Å². The van der Waals surface area contributed by atoms with Crippen molar-refractivity contribution in [1.82, 2.24) is 24.8 Å². The third-order valence-corrected chi connectivity index (χ3v) is 17.9. The number of thiazole rings is 2. The zero-order chi connectivity index (χ0) is 39.8. The second-order valence-electron chi connectivity index (χ2n) is 16.4. The number of rotatable bonds is 11. The van der Waals surface area contributed by atoms with Gasteiger partial charge in [0.2, 0.25) is 31.1 Å². The van der Waals surface area contributed by atoms with Crippen molar-refractivity contribution in [2.45, 2.75) is 101 Å². The maximum Gasteiger partial charge on any atom is 0.242 e. The molecule has 0 bridgehead atoms. The minimum absolute atomic E-state index is 0.0807. The van der Waals surface area contributed by atoms with Crippen LogP contribution in [0.3, 0.4) is 0 Å². The molecule has 0 amide bonds. The first kappa shape index (κ1) is 38.2. The summed E-state index contributed by atoms with van der Waals surface area (Å²) in [5.41, 5.74) is 13.6. The quantitative estimate of drug-likeness (QED) is 0.129. The molecule has 6 heterocycles. The van der Waals surface area contributed by atoms with Gasteiger partial charge >= 0.3 is 0 Å². The maximum atomic E-state index is 13.9. The highest BCUT2D eigenvalue weighted by molar-refractivity contribution is 7.93. The van der Waals surface area contributed by atoms with Gasteiger partial charge in [-0.3, -0.25) is 29.2 Å². The van der Waals surface area contributed by atoms with Gasteiger partial charge in [0, 0.05) is 49.0 Å². The van der Waals surface area contributed by atoms with Crippen LogP contribution in [0.2, 0.25) is 0 Å². The van der Waals surface area contributed by atoms with Gasteiger partial charge in [0.05, 0.1) is 44.7 Å². The summed E-state index contributed by atoms with van der Waals surface area (Å²) in [6, 6.07) is 17.1. The van der Waals surface area contributed by atoms with Crippen LogP contribution in [-0.2, 0) is 46.0 Å². The Kier molecular flexibility index (Phi) is 9.80. The Morgan fingerprint density at radius 2 is 1.34 bits per heavy atom. The van der Waals surface area contributed by atoms with Gasteiger partial charge in [-0.1, -0.05) is 23.5 Å². The molecule has 2 aliphatic heterocycles. The highest BCUT2D eigenvalue weighted by Crippen LogP contribution is 2.41. The first-order valence-corrected chi connectivity index (χ1v) is 25.1. The summed E-state index contributed by atoms with van der Waals surface area (Å²) < 4.78 is 63.2. The van der Waals surface area contributed by atoms with Crippen LogP contribution in [0, 0.1) is 0 Å². The molecule has 0 spiro atoms. The summed E-state index contributed by atoms with van der Waals surface area (Å²) in [4.78, 5) is 18.8. The normalized spacial score (nSPS) is 21.5. The third-order valence-electron chi connectivity index (χ3n) is 12.5. The van der Waals surface area contributed by atoms with Gasteiger partial charge in [0.25, 0.3) is 0 Å². The predicted octanol–water partition coefficient (Wildman–Crippen LogP) is 7.27. The van der Waals surface area contributed by atoms with E-state index < -0.39 is 25.3 Å². The van der Waals surface area contributed by atoms with Gasteiger partial charge in [-0.2, -0.15) is 4.57 Å². The number of nitrogens with one attached hydrogen (secondary N) is 2. The second-order valence-corrected chi connectivity index (χ2v) is 22.1. The smallest absolute Gasteiger partial charge is 0.242 e. The number of pyridine rings is 2. The molecular weight excluding hydrogens is 809 g/mol. The molecular formula is C42H47N8O4S4+. The molecule has 58 heavy (non-hydrogen) atoms. The number of sulfonamides is 2. The van der Waals surface area contributed by atoms with Gasteiger partial charge in [-0.15, -0.1) is 11.3 Å². The zero-order valence-electron chi connectivity index (χ0n) is 32.5. The number of fused-ring (bicyclic) bond motifs is 4. The second kappa shape index (κ2) is 14.9. The molecule has 4 aliphatic rings. The highest BCUT2D eigenvalue weighted by atomic mass is 32.2. The van der Waals surface area contributed by atoms with Crippen LogP contribution in [0.1, 0.15) is 97.7 Å². The van der Waals surface area contributed by atoms with Crippen LogP contribution in [0.15, 0.2) is 71.9 Å². The number of benzene rings is 2. The SMILES string of the molecule is C[C@H](c1ccc2sc[n+](C3CC3S(=O)(=O)Nc3cnc4c(c3)CN([C@@H](C)c3ccc5scnc5c3)CCC4)c2c1)N1CCCc2ncc(NS(=O)(=O)C3CC3)cc2C1. The van der Waals surface area contributed by atoms with E-state index in [1.165, 1.54) is 10.3 Å². The van der Waals surface area contributed by atoms with E-state index in [9.17, 15) is 16.8 Å². The molecule has 6 aromatic rings. The Morgan fingerprint density at radius 3 is 1.98 bits per heavy atom. The van der Waals surface area contributed by atoms with Gasteiger partial charge in [0.15, 0.2) is 6.04 Å². The summed E-state index contributed by atoms with van der Waals surface area (Å²) in [6.07, 6.45) is 8.92. The van der Waals surface area contributed by atoms with Crippen molar-refractivity contribution >= 4 is 74.5 Å². The topological polar surface area (TPSA) is 141 Å². The lowest BCUT2D eigenvalue weighted by atomic mass is 10.1.